The van der Waals surface area contributed by atoms with E-state index < -0.39 is 5.82 Å². The molecule has 1 aromatic carbocycles. The van der Waals surface area contributed by atoms with Crippen LogP contribution in [-0.2, 0) is 0 Å². The van der Waals surface area contributed by atoms with Gasteiger partial charge in [-0.3, -0.25) is 0 Å². The zero-order valence-corrected chi connectivity index (χ0v) is 9.15. The standard InChI is InChI=1S/C9H7ClFN5O/c10-5-3-4(1-2-6(5)11)14-8(12)7-9(13)16-17-15-7/h1-3H,(H2,12,14)(H2,13,16). The number of benzene rings is 1. The molecule has 2 rings (SSSR count). The van der Waals surface area contributed by atoms with E-state index in [-0.39, 0.29) is 22.4 Å². The molecule has 0 amide bonds. The third-order valence-corrected chi connectivity index (χ3v) is 2.20. The van der Waals surface area contributed by atoms with Crippen LogP contribution < -0.4 is 11.5 Å². The van der Waals surface area contributed by atoms with E-state index >= 15 is 0 Å². The number of aliphatic imine (C=N–C) groups is 1. The summed E-state index contributed by atoms with van der Waals surface area (Å²) in [6, 6.07) is 3.92. The Morgan fingerprint density at radius 2 is 2.18 bits per heavy atom. The molecule has 0 fully saturated rings. The van der Waals surface area contributed by atoms with Crippen molar-refractivity contribution in [3.05, 3.63) is 34.7 Å². The number of nitrogen functional groups attached to an aromatic ring is 1. The summed E-state index contributed by atoms with van der Waals surface area (Å²) in [7, 11) is 0. The lowest BCUT2D eigenvalue weighted by Crippen LogP contribution is -2.15. The van der Waals surface area contributed by atoms with Crippen molar-refractivity contribution < 1.29 is 9.02 Å². The smallest absolute Gasteiger partial charge is 0.199 e. The second-order valence-electron chi connectivity index (χ2n) is 3.09. The summed E-state index contributed by atoms with van der Waals surface area (Å²) < 4.78 is 17.3. The van der Waals surface area contributed by atoms with Gasteiger partial charge in [0.1, 0.15) is 5.82 Å². The van der Waals surface area contributed by atoms with Gasteiger partial charge in [0.2, 0.25) is 0 Å². The summed E-state index contributed by atoms with van der Waals surface area (Å²) in [6.07, 6.45) is 0. The van der Waals surface area contributed by atoms with Crippen molar-refractivity contribution in [1.29, 1.82) is 0 Å². The lowest BCUT2D eigenvalue weighted by molar-refractivity contribution is 0.308. The molecule has 1 aromatic heterocycles. The van der Waals surface area contributed by atoms with Crippen LogP contribution in [0, 0.1) is 5.82 Å². The average Bonchev–Trinajstić information content (AvgIpc) is 2.70. The second kappa shape index (κ2) is 4.38. The lowest BCUT2D eigenvalue weighted by atomic mass is 10.3. The number of halogens is 2. The van der Waals surface area contributed by atoms with E-state index in [9.17, 15) is 4.39 Å². The van der Waals surface area contributed by atoms with Crippen LogP contribution in [0.1, 0.15) is 5.69 Å². The summed E-state index contributed by atoms with van der Waals surface area (Å²) in [5.41, 5.74) is 11.6. The van der Waals surface area contributed by atoms with Crippen molar-refractivity contribution in [2.75, 3.05) is 5.73 Å². The summed E-state index contributed by atoms with van der Waals surface area (Å²) in [4.78, 5) is 3.97. The minimum atomic E-state index is -0.535. The van der Waals surface area contributed by atoms with Crippen molar-refractivity contribution in [1.82, 2.24) is 10.3 Å². The predicted molar refractivity (Wildman–Crippen MR) is 60.5 cm³/mol. The van der Waals surface area contributed by atoms with Crippen molar-refractivity contribution in [3.63, 3.8) is 0 Å². The van der Waals surface area contributed by atoms with E-state index in [0.29, 0.717) is 5.69 Å². The molecular weight excluding hydrogens is 249 g/mol. The van der Waals surface area contributed by atoms with Crippen molar-refractivity contribution in [2.45, 2.75) is 0 Å². The first-order chi connectivity index (χ1) is 8.08. The highest BCUT2D eigenvalue weighted by Crippen LogP contribution is 2.22. The van der Waals surface area contributed by atoms with Gasteiger partial charge in [0.25, 0.3) is 0 Å². The maximum Gasteiger partial charge on any atom is 0.199 e. The molecule has 0 aliphatic carbocycles. The Morgan fingerprint density at radius 3 is 2.76 bits per heavy atom. The van der Waals surface area contributed by atoms with Gasteiger partial charge >= 0.3 is 0 Å². The third kappa shape index (κ3) is 2.34. The fourth-order valence-electron chi connectivity index (χ4n) is 1.12. The molecule has 4 N–H and O–H groups in total. The maximum absolute atomic E-state index is 12.9. The van der Waals surface area contributed by atoms with Gasteiger partial charge in [-0.25, -0.2) is 14.0 Å². The van der Waals surface area contributed by atoms with Gasteiger partial charge in [-0.05, 0) is 28.5 Å². The normalized spacial score (nSPS) is 11.8. The van der Waals surface area contributed by atoms with E-state index in [2.05, 4.69) is 19.9 Å². The van der Waals surface area contributed by atoms with Crippen molar-refractivity contribution in [2.24, 2.45) is 10.7 Å². The van der Waals surface area contributed by atoms with Crippen LogP contribution in [0.15, 0.2) is 27.8 Å². The van der Waals surface area contributed by atoms with Gasteiger partial charge in [0, 0.05) is 0 Å². The molecule has 2 aromatic rings. The Bertz CT molecular complexity index is 583. The van der Waals surface area contributed by atoms with Gasteiger partial charge in [-0.1, -0.05) is 11.6 Å². The van der Waals surface area contributed by atoms with E-state index in [1.807, 2.05) is 0 Å². The van der Waals surface area contributed by atoms with Crippen LogP contribution in [0.4, 0.5) is 15.9 Å². The molecule has 17 heavy (non-hydrogen) atoms. The molecule has 0 saturated carbocycles. The molecule has 8 heteroatoms. The molecule has 0 unspecified atom stereocenters. The lowest BCUT2D eigenvalue weighted by Gasteiger charge is -1.98. The highest BCUT2D eigenvalue weighted by molar-refractivity contribution is 6.31. The van der Waals surface area contributed by atoms with Crippen LogP contribution in [0.5, 0.6) is 0 Å². The van der Waals surface area contributed by atoms with Crippen molar-refractivity contribution >= 4 is 28.9 Å². The number of aromatic nitrogens is 2. The van der Waals surface area contributed by atoms with Crippen LogP contribution in [0.3, 0.4) is 0 Å². The van der Waals surface area contributed by atoms with E-state index in [1.54, 1.807) is 0 Å². The SMILES string of the molecule is NC(=Nc1ccc(F)c(Cl)c1)c1nonc1N. The van der Waals surface area contributed by atoms with E-state index in [4.69, 9.17) is 23.1 Å². The molecule has 6 nitrogen and oxygen atoms in total. The van der Waals surface area contributed by atoms with Gasteiger partial charge in [-0.2, -0.15) is 0 Å². The maximum atomic E-state index is 12.9. The molecule has 0 aliphatic heterocycles. The summed E-state index contributed by atoms with van der Waals surface area (Å²) in [5, 5.41) is 6.78. The Balaban J connectivity index is 2.36. The topological polar surface area (TPSA) is 103 Å². The molecular formula is C9H7ClFN5O. The largest absolute Gasteiger partial charge is 0.382 e. The minimum absolute atomic E-state index is 0.00595. The number of amidine groups is 1. The van der Waals surface area contributed by atoms with Gasteiger partial charge in [0.05, 0.1) is 10.7 Å². The molecule has 0 atom stereocenters. The molecule has 0 saturated heterocycles. The fourth-order valence-corrected chi connectivity index (χ4v) is 1.29. The number of anilines is 1. The first-order valence-electron chi connectivity index (χ1n) is 4.45. The van der Waals surface area contributed by atoms with Gasteiger partial charge in [-0.15, -0.1) is 0 Å². The molecule has 0 bridgehead atoms. The highest BCUT2D eigenvalue weighted by Gasteiger charge is 2.10. The Labute approximate surface area is 100 Å². The Hall–Kier alpha value is -2.15. The van der Waals surface area contributed by atoms with Crippen LogP contribution in [0.25, 0.3) is 0 Å². The molecule has 0 radical (unpaired) electrons. The number of rotatable bonds is 2. The van der Waals surface area contributed by atoms with Crippen LogP contribution in [-0.4, -0.2) is 16.1 Å². The van der Waals surface area contributed by atoms with Gasteiger partial charge < -0.3 is 11.5 Å². The van der Waals surface area contributed by atoms with Crippen molar-refractivity contribution in [3.8, 4) is 0 Å². The zero-order chi connectivity index (χ0) is 12.4. The minimum Gasteiger partial charge on any atom is -0.382 e. The molecule has 1 heterocycles. The first-order valence-corrected chi connectivity index (χ1v) is 4.83. The Morgan fingerprint density at radius 1 is 1.41 bits per heavy atom. The molecule has 0 spiro atoms. The van der Waals surface area contributed by atoms with Gasteiger partial charge in [0.15, 0.2) is 17.3 Å². The summed E-state index contributed by atoms with van der Waals surface area (Å²) in [5.74, 6) is -0.502. The third-order valence-electron chi connectivity index (χ3n) is 1.91. The number of nitrogens with two attached hydrogens (primary N) is 2. The average molecular weight is 256 g/mol. The highest BCUT2D eigenvalue weighted by atomic mass is 35.5. The number of nitrogens with zero attached hydrogens (tertiary/aromatic N) is 3. The fraction of sp³-hybridized carbons (Fsp3) is 0. The molecule has 88 valence electrons. The first kappa shape index (κ1) is 11.3. The summed E-state index contributed by atoms with van der Waals surface area (Å²) in [6.45, 7) is 0. The quantitative estimate of drug-likeness (QED) is 0.625. The summed E-state index contributed by atoms with van der Waals surface area (Å²) >= 11 is 5.60. The van der Waals surface area contributed by atoms with E-state index in [0.717, 1.165) is 0 Å². The van der Waals surface area contributed by atoms with Crippen LogP contribution >= 0.6 is 11.6 Å². The second-order valence-corrected chi connectivity index (χ2v) is 3.50. The molecule has 0 aliphatic rings. The predicted octanol–water partition coefficient (Wildman–Crippen LogP) is 1.48. The monoisotopic (exact) mass is 255 g/mol. The zero-order valence-electron chi connectivity index (χ0n) is 8.39. The van der Waals surface area contributed by atoms with E-state index in [1.165, 1.54) is 18.2 Å². The van der Waals surface area contributed by atoms with Crippen LogP contribution in [0.2, 0.25) is 5.02 Å². The number of hydrogen-bond donors (Lipinski definition) is 2. The Kier molecular flexibility index (Phi) is 2.92. The number of hydrogen-bond acceptors (Lipinski definition) is 5.